The first-order chi connectivity index (χ1) is 8.08. The topological polar surface area (TPSA) is 68.5 Å². The van der Waals surface area contributed by atoms with Gasteiger partial charge in [0, 0.05) is 31.2 Å². The van der Waals surface area contributed by atoms with Gasteiger partial charge in [-0.2, -0.15) is 0 Å². The minimum atomic E-state index is -0.0717. The number of hydrogen-bond acceptors (Lipinski definition) is 4. The van der Waals surface area contributed by atoms with Crippen LogP contribution in [0.15, 0.2) is 18.5 Å². The molecule has 17 heavy (non-hydrogen) atoms. The van der Waals surface area contributed by atoms with Gasteiger partial charge in [0.1, 0.15) is 0 Å². The Labute approximate surface area is 101 Å². The molecule has 1 amide bonds. The van der Waals surface area contributed by atoms with Gasteiger partial charge in [0.05, 0.1) is 17.8 Å². The molecule has 0 aliphatic carbocycles. The highest BCUT2D eigenvalue weighted by molar-refractivity contribution is 5.98. The van der Waals surface area contributed by atoms with Crippen molar-refractivity contribution < 1.29 is 9.53 Å². The maximum Gasteiger partial charge on any atom is 0.257 e. The Morgan fingerprint density at radius 3 is 2.71 bits per heavy atom. The van der Waals surface area contributed by atoms with Crippen LogP contribution >= 0.6 is 0 Å². The van der Waals surface area contributed by atoms with Gasteiger partial charge >= 0.3 is 0 Å². The average Bonchev–Trinajstić information content (AvgIpc) is 2.27. The summed E-state index contributed by atoms with van der Waals surface area (Å²) in [4.78, 5) is 18.0. The second kappa shape index (κ2) is 4.71. The van der Waals surface area contributed by atoms with E-state index in [0.29, 0.717) is 24.3 Å². The Bertz CT molecular complexity index is 412. The highest BCUT2D eigenvalue weighted by Gasteiger charge is 2.27. The lowest BCUT2D eigenvalue weighted by Gasteiger charge is -2.35. The fourth-order valence-corrected chi connectivity index (χ4v) is 2.10. The molecule has 1 aliphatic rings. The van der Waals surface area contributed by atoms with Crippen molar-refractivity contribution in [2.24, 2.45) is 0 Å². The third kappa shape index (κ3) is 2.55. The van der Waals surface area contributed by atoms with E-state index >= 15 is 0 Å². The van der Waals surface area contributed by atoms with Crippen molar-refractivity contribution in [1.29, 1.82) is 0 Å². The number of hydrogen-bond donors (Lipinski definition) is 1. The van der Waals surface area contributed by atoms with Crippen LogP contribution in [0.2, 0.25) is 0 Å². The van der Waals surface area contributed by atoms with Crippen molar-refractivity contribution >= 4 is 11.6 Å². The summed E-state index contributed by atoms with van der Waals surface area (Å²) in [5, 5.41) is 0. The zero-order valence-electron chi connectivity index (χ0n) is 10.1. The Kier molecular flexibility index (Phi) is 3.28. The SMILES string of the molecule is C[C@@H]1CN(C(=O)c2cnccc2N)C[C@H](C)O1. The molecule has 0 bridgehead atoms. The number of amides is 1. The maximum atomic E-state index is 12.3. The quantitative estimate of drug-likeness (QED) is 0.785. The first-order valence-corrected chi connectivity index (χ1v) is 5.72. The number of morpholine rings is 1. The van der Waals surface area contributed by atoms with Crippen LogP contribution in [0, 0.1) is 0 Å². The van der Waals surface area contributed by atoms with Crippen LogP contribution in [-0.4, -0.2) is 41.1 Å². The average molecular weight is 235 g/mol. The maximum absolute atomic E-state index is 12.3. The Balaban J connectivity index is 2.17. The number of nitrogen functional groups attached to an aromatic ring is 1. The van der Waals surface area contributed by atoms with E-state index in [1.165, 1.54) is 6.20 Å². The lowest BCUT2D eigenvalue weighted by molar-refractivity contribution is -0.0586. The molecule has 5 heteroatoms. The number of ether oxygens (including phenoxy) is 1. The second-order valence-corrected chi connectivity index (χ2v) is 4.43. The van der Waals surface area contributed by atoms with Crippen molar-refractivity contribution in [2.45, 2.75) is 26.1 Å². The molecule has 0 radical (unpaired) electrons. The number of nitrogens with zero attached hydrogens (tertiary/aromatic N) is 2. The first kappa shape index (κ1) is 11.9. The van der Waals surface area contributed by atoms with Crippen LogP contribution in [0.4, 0.5) is 5.69 Å². The molecule has 1 aromatic heterocycles. The molecule has 0 unspecified atom stereocenters. The second-order valence-electron chi connectivity index (χ2n) is 4.43. The summed E-state index contributed by atoms with van der Waals surface area (Å²) >= 11 is 0. The number of carbonyl (C=O) groups excluding carboxylic acids is 1. The van der Waals surface area contributed by atoms with Gasteiger partial charge in [-0.05, 0) is 19.9 Å². The Morgan fingerprint density at radius 2 is 2.12 bits per heavy atom. The molecule has 2 heterocycles. The number of pyridine rings is 1. The molecule has 0 saturated carbocycles. The summed E-state index contributed by atoms with van der Waals surface area (Å²) in [5.74, 6) is -0.0717. The predicted octanol–water partition coefficient (Wildman–Crippen LogP) is 0.913. The minimum Gasteiger partial charge on any atom is -0.398 e. The van der Waals surface area contributed by atoms with Crippen molar-refractivity contribution in [1.82, 2.24) is 9.88 Å². The van der Waals surface area contributed by atoms with Gasteiger partial charge in [0.15, 0.2) is 0 Å². The van der Waals surface area contributed by atoms with Gasteiger partial charge in [-0.1, -0.05) is 0 Å². The van der Waals surface area contributed by atoms with Crippen LogP contribution < -0.4 is 5.73 Å². The molecule has 2 N–H and O–H groups in total. The molecule has 92 valence electrons. The predicted molar refractivity (Wildman–Crippen MR) is 64.6 cm³/mol. The van der Waals surface area contributed by atoms with Crippen LogP contribution in [0.25, 0.3) is 0 Å². The molecule has 1 saturated heterocycles. The fraction of sp³-hybridized carbons (Fsp3) is 0.500. The molecule has 1 aliphatic heterocycles. The first-order valence-electron chi connectivity index (χ1n) is 5.72. The molecular weight excluding hydrogens is 218 g/mol. The van der Waals surface area contributed by atoms with E-state index in [1.54, 1.807) is 17.2 Å². The van der Waals surface area contributed by atoms with Crippen LogP contribution in [-0.2, 0) is 4.74 Å². The number of carbonyl (C=O) groups is 1. The third-order valence-electron chi connectivity index (χ3n) is 2.79. The van der Waals surface area contributed by atoms with Gasteiger partial charge in [-0.3, -0.25) is 9.78 Å². The number of aromatic nitrogens is 1. The van der Waals surface area contributed by atoms with Crippen molar-refractivity contribution in [3.8, 4) is 0 Å². The number of rotatable bonds is 1. The fourth-order valence-electron chi connectivity index (χ4n) is 2.10. The zero-order valence-corrected chi connectivity index (χ0v) is 10.1. The summed E-state index contributed by atoms with van der Waals surface area (Å²) in [5.41, 5.74) is 6.71. The zero-order chi connectivity index (χ0) is 12.4. The monoisotopic (exact) mass is 235 g/mol. The molecule has 0 aromatic carbocycles. The van der Waals surface area contributed by atoms with E-state index in [-0.39, 0.29) is 18.1 Å². The molecule has 1 fully saturated rings. The van der Waals surface area contributed by atoms with E-state index in [2.05, 4.69) is 4.98 Å². The summed E-state index contributed by atoms with van der Waals surface area (Å²) in [6, 6.07) is 1.64. The van der Waals surface area contributed by atoms with E-state index in [1.807, 2.05) is 13.8 Å². The summed E-state index contributed by atoms with van der Waals surface area (Å²) in [6.45, 7) is 5.11. The van der Waals surface area contributed by atoms with E-state index < -0.39 is 0 Å². The summed E-state index contributed by atoms with van der Waals surface area (Å²) in [6.07, 6.45) is 3.21. The molecular formula is C12H17N3O2. The minimum absolute atomic E-state index is 0.0561. The Morgan fingerprint density at radius 1 is 1.47 bits per heavy atom. The van der Waals surface area contributed by atoms with Gasteiger partial charge in [0.2, 0.25) is 0 Å². The highest BCUT2D eigenvalue weighted by Crippen LogP contribution is 2.17. The smallest absolute Gasteiger partial charge is 0.257 e. The lowest BCUT2D eigenvalue weighted by atomic mass is 10.1. The number of nitrogens with two attached hydrogens (primary N) is 1. The standard InChI is InChI=1S/C12H17N3O2/c1-8-6-15(7-9(2)17-8)12(16)10-5-14-4-3-11(10)13/h3-5,8-9H,6-7H2,1-2H3,(H2,13,14)/t8-,9+. The van der Waals surface area contributed by atoms with E-state index in [9.17, 15) is 4.79 Å². The van der Waals surface area contributed by atoms with Gasteiger partial charge in [0.25, 0.3) is 5.91 Å². The third-order valence-corrected chi connectivity index (χ3v) is 2.79. The molecule has 2 atom stereocenters. The van der Waals surface area contributed by atoms with Gasteiger partial charge < -0.3 is 15.4 Å². The molecule has 5 nitrogen and oxygen atoms in total. The molecule has 1 aromatic rings. The van der Waals surface area contributed by atoms with Crippen molar-refractivity contribution in [3.63, 3.8) is 0 Å². The highest BCUT2D eigenvalue weighted by atomic mass is 16.5. The van der Waals surface area contributed by atoms with Crippen LogP contribution in [0.3, 0.4) is 0 Å². The van der Waals surface area contributed by atoms with Crippen molar-refractivity contribution in [2.75, 3.05) is 18.8 Å². The van der Waals surface area contributed by atoms with E-state index in [4.69, 9.17) is 10.5 Å². The molecule has 0 spiro atoms. The van der Waals surface area contributed by atoms with Crippen LogP contribution in [0.5, 0.6) is 0 Å². The lowest BCUT2D eigenvalue weighted by Crippen LogP contribution is -2.48. The van der Waals surface area contributed by atoms with Crippen LogP contribution in [0.1, 0.15) is 24.2 Å². The summed E-state index contributed by atoms with van der Waals surface area (Å²) in [7, 11) is 0. The van der Waals surface area contributed by atoms with E-state index in [0.717, 1.165) is 0 Å². The molecule has 2 rings (SSSR count). The van der Waals surface area contributed by atoms with Crippen molar-refractivity contribution in [3.05, 3.63) is 24.0 Å². The largest absolute Gasteiger partial charge is 0.398 e. The van der Waals surface area contributed by atoms with Gasteiger partial charge in [-0.15, -0.1) is 0 Å². The normalized spacial score (nSPS) is 24.7. The summed E-state index contributed by atoms with van der Waals surface area (Å²) < 4.78 is 5.59. The number of anilines is 1. The Hall–Kier alpha value is -1.62. The van der Waals surface area contributed by atoms with Gasteiger partial charge in [-0.25, -0.2) is 0 Å².